The number of H-pyrrole nitrogens is 1. The molecule has 3 aromatic rings. The molecule has 8 nitrogen and oxygen atoms in total. The Morgan fingerprint density at radius 3 is 2.71 bits per heavy atom. The lowest BCUT2D eigenvalue weighted by Gasteiger charge is -2.35. The number of hydrogen-bond acceptors (Lipinski definition) is 6. The average Bonchev–Trinajstić information content (AvgIpc) is 3.12. The Morgan fingerprint density at radius 2 is 2.00 bits per heavy atom. The van der Waals surface area contributed by atoms with E-state index < -0.39 is 0 Å². The van der Waals surface area contributed by atoms with E-state index in [9.17, 15) is 9.59 Å². The quantitative estimate of drug-likeness (QED) is 0.675. The number of carbonyl (C=O) groups is 1. The molecule has 1 aliphatic heterocycles. The molecule has 0 aliphatic carbocycles. The number of pyridine rings is 2. The van der Waals surface area contributed by atoms with Crippen molar-refractivity contribution < 1.29 is 9.53 Å². The number of piperazine rings is 1. The van der Waals surface area contributed by atoms with Gasteiger partial charge in [-0.2, -0.15) is 0 Å². The smallest absolute Gasteiger partial charge is 0.355 e. The molecule has 4 heterocycles. The zero-order valence-electron chi connectivity index (χ0n) is 15.8. The van der Waals surface area contributed by atoms with Crippen molar-refractivity contribution in [3.8, 4) is 0 Å². The van der Waals surface area contributed by atoms with Crippen molar-refractivity contribution in [2.45, 2.75) is 13.5 Å². The van der Waals surface area contributed by atoms with Crippen LogP contribution in [-0.4, -0.2) is 58.0 Å². The second-order valence-electron chi connectivity index (χ2n) is 6.77. The first-order valence-electron chi connectivity index (χ1n) is 9.44. The Balaban J connectivity index is 1.43. The molecule has 3 aromatic heterocycles. The number of rotatable bonds is 5. The van der Waals surface area contributed by atoms with Crippen LogP contribution in [0.25, 0.3) is 5.65 Å². The van der Waals surface area contributed by atoms with Crippen LogP contribution in [0.1, 0.15) is 23.1 Å². The molecule has 0 spiro atoms. The molecule has 1 fully saturated rings. The molecule has 1 saturated heterocycles. The Hall–Kier alpha value is -3.13. The lowest BCUT2D eigenvalue weighted by molar-refractivity contribution is 0.0517. The van der Waals surface area contributed by atoms with Crippen LogP contribution in [0.3, 0.4) is 0 Å². The van der Waals surface area contributed by atoms with Gasteiger partial charge >= 0.3 is 5.97 Å². The molecule has 0 saturated carbocycles. The number of ether oxygens (including phenoxy) is 1. The van der Waals surface area contributed by atoms with Gasteiger partial charge in [0.2, 0.25) is 5.56 Å². The summed E-state index contributed by atoms with van der Waals surface area (Å²) in [7, 11) is 0. The molecule has 1 N–H and O–H groups in total. The van der Waals surface area contributed by atoms with Crippen molar-refractivity contribution in [1.29, 1.82) is 0 Å². The summed E-state index contributed by atoms with van der Waals surface area (Å²) in [5.41, 5.74) is 3.10. The van der Waals surface area contributed by atoms with Gasteiger partial charge in [-0.1, -0.05) is 6.07 Å². The first-order chi connectivity index (χ1) is 13.6. The van der Waals surface area contributed by atoms with Crippen LogP contribution < -0.4 is 10.5 Å². The van der Waals surface area contributed by atoms with Crippen LogP contribution in [0.15, 0.2) is 47.5 Å². The van der Waals surface area contributed by atoms with Crippen molar-refractivity contribution in [3.05, 3.63) is 64.5 Å². The summed E-state index contributed by atoms with van der Waals surface area (Å²) in [4.78, 5) is 35.3. The van der Waals surface area contributed by atoms with E-state index in [1.54, 1.807) is 29.7 Å². The lowest BCUT2D eigenvalue weighted by atomic mass is 10.2. The van der Waals surface area contributed by atoms with E-state index in [1.807, 2.05) is 24.4 Å². The minimum Gasteiger partial charge on any atom is -0.461 e. The highest BCUT2D eigenvalue weighted by molar-refractivity contribution is 5.88. The maximum atomic E-state index is 12.1. The summed E-state index contributed by atoms with van der Waals surface area (Å²) < 4.78 is 6.93. The minimum atomic E-state index is -0.341. The fraction of sp³-hybridized carbons (Fsp3) is 0.350. The molecule has 1 aliphatic rings. The molecule has 146 valence electrons. The number of hydrogen-bond donors (Lipinski definition) is 1. The molecular weight excluding hydrogens is 358 g/mol. The normalized spacial score (nSPS) is 15.1. The predicted octanol–water partition coefficient (Wildman–Crippen LogP) is 1.52. The molecule has 0 unspecified atom stereocenters. The fourth-order valence-corrected chi connectivity index (χ4v) is 3.50. The highest BCUT2D eigenvalue weighted by Crippen LogP contribution is 2.16. The second kappa shape index (κ2) is 7.85. The van der Waals surface area contributed by atoms with Crippen molar-refractivity contribution in [3.63, 3.8) is 0 Å². The molecule has 28 heavy (non-hydrogen) atoms. The van der Waals surface area contributed by atoms with E-state index in [0.717, 1.165) is 49.8 Å². The van der Waals surface area contributed by atoms with Crippen LogP contribution in [0.2, 0.25) is 0 Å². The summed E-state index contributed by atoms with van der Waals surface area (Å²) >= 11 is 0. The van der Waals surface area contributed by atoms with Gasteiger partial charge in [-0.05, 0) is 25.1 Å². The van der Waals surface area contributed by atoms with Gasteiger partial charge in [0.05, 0.1) is 18.0 Å². The number of fused-ring (bicyclic) bond motifs is 1. The van der Waals surface area contributed by atoms with Crippen molar-refractivity contribution in [2.75, 3.05) is 37.7 Å². The molecule has 0 atom stereocenters. The minimum absolute atomic E-state index is 0.0866. The van der Waals surface area contributed by atoms with Crippen molar-refractivity contribution in [1.82, 2.24) is 19.3 Å². The number of anilines is 1. The summed E-state index contributed by atoms with van der Waals surface area (Å²) in [5, 5.41) is 0. The van der Waals surface area contributed by atoms with Gasteiger partial charge in [-0.3, -0.25) is 14.1 Å². The van der Waals surface area contributed by atoms with Crippen LogP contribution in [0, 0.1) is 0 Å². The van der Waals surface area contributed by atoms with Crippen molar-refractivity contribution in [2.24, 2.45) is 0 Å². The fourth-order valence-electron chi connectivity index (χ4n) is 3.50. The number of imidazole rings is 1. The number of aromatic amines is 1. The van der Waals surface area contributed by atoms with E-state index in [1.165, 1.54) is 0 Å². The second-order valence-corrected chi connectivity index (χ2v) is 6.77. The van der Waals surface area contributed by atoms with E-state index in [4.69, 9.17) is 4.74 Å². The topological polar surface area (TPSA) is 82.9 Å². The molecule has 0 radical (unpaired) electrons. The number of nitrogens with zero attached hydrogens (tertiary/aromatic N) is 4. The summed E-state index contributed by atoms with van der Waals surface area (Å²) in [6.45, 7) is 6.43. The third-order valence-electron chi connectivity index (χ3n) is 4.92. The van der Waals surface area contributed by atoms with Crippen LogP contribution in [0.4, 0.5) is 5.69 Å². The molecule has 0 bridgehead atoms. The number of carbonyl (C=O) groups excluding carboxylic acids is 1. The average molecular weight is 381 g/mol. The largest absolute Gasteiger partial charge is 0.461 e. The molecule has 0 amide bonds. The molecule has 8 heteroatoms. The van der Waals surface area contributed by atoms with E-state index in [-0.39, 0.29) is 11.5 Å². The summed E-state index contributed by atoms with van der Waals surface area (Å²) in [5.74, 6) is -0.341. The Kier molecular flexibility index (Phi) is 5.12. The maximum Gasteiger partial charge on any atom is 0.355 e. The van der Waals surface area contributed by atoms with Gasteiger partial charge in [0.1, 0.15) is 11.3 Å². The zero-order valence-corrected chi connectivity index (χ0v) is 15.8. The summed E-state index contributed by atoms with van der Waals surface area (Å²) in [6.07, 6.45) is 3.67. The van der Waals surface area contributed by atoms with Crippen molar-refractivity contribution >= 4 is 17.3 Å². The lowest BCUT2D eigenvalue weighted by Crippen LogP contribution is -2.46. The third kappa shape index (κ3) is 3.77. The van der Waals surface area contributed by atoms with Crippen LogP contribution >= 0.6 is 0 Å². The predicted molar refractivity (Wildman–Crippen MR) is 106 cm³/mol. The number of aromatic nitrogens is 3. The highest BCUT2D eigenvalue weighted by atomic mass is 16.5. The molecule has 4 rings (SSSR count). The van der Waals surface area contributed by atoms with Gasteiger partial charge in [0.25, 0.3) is 0 Å². The maximum absolute atomic E-state index is 12.1. The number of nitrogens with one attached hydrogen (secondary N) is 1. The molecule has 0 aromatic carbocycles. The molecular formula is C20H23N5O3. The van der Waals surface area contributed by atoms with Crippen LogP contribution in [0.5, 0.6) is 0 Å². The Labute approximate surface area is 162 Å². The zero-order chi connectivity index (χ0) is 19.5. The SMILES string of the molecule is CCOC(=O)c1cccc2nc(CN3CCN(c4ccc(=O)[nH]c4)CC3)cn12. The third-order valence-corrected chi connectivity index (χ3v) is 4.92. The van der Waals surface area contributed by atoms with E-state index in [0.29, 0.717) is 12.3 Å². The first-order valence-corrected chi connectivity index (χ1v) is 9.44. The van der Waals surface area contributed by atoms with Gasteiger partial charge in [0, 0.05) is 51.2 Å². The Bertz CT molecular complexity index is 1010. The van der Waals surface area contributed by atoms with Gasteiger partial charge < -0.3 is 14.6 Å². The first kappa shape index (κ1) is 18.2. The summed E-state index contributed by atoms with van der Waals surface area (Å²) in [6, 6.07) is 8.87. The van der Waals surface area contributed by atoms with E-state index in [2.05, 4.69) is 19.8 Å². The van der Waals surface area contributed by atoms with Crippen LogP contribution in [-0.2, 0) is 11.3 Å². The standard InChI is InChI=1S/C20H23N5O3/c1-2-28-20(27)17-4-3-5-18-22-15(14-25(17)18)13-23-8-10-24(11-9-23)16-6-7-19(26)21-12-16/h3-7,12,14H,2,8-11,13H2,1H3,(H,21,26). The van der Waals surface area contributed by atoms with Gasteiger partial charge in [0.15, 0.2) is 0 Å². The monoisotopic (exact) mass is 381 g/mol. The number of esters is 1. The van der Waals surface area contributed by atoms with Gasteiger partial charge in [-0.15, -0.1) is 0 Å². The van der Waals surface area contributed by atoms with Gasteiger partial charge in [-0.25, -0.2) is 9.78 Å². The highest BCUT2D eigenvalue weighted by Gasteiger charge is 2.19. The van der Waals surface area contributed by atoms with E-state index >= 15 is 0 Å². The Morgan fingerprint density at radius 1 is 1.18 bits per heavy atom.